The molecule has 1 aromatic heterocycles. The molecule has 0 atom stereocenters. The van der Waals surface area contributed by atoms with E-state index in [0.717, 1.165) is 13.0 Å². The summed E-state index contributed by atoms with van der Waals surface area (Å²) < 4.78 is 10.7. The molecule has 0 aliphatic heterocycles. The summed E-state index contributed by atoms with van der Waals surface area (Å²) in [5.74, 6) is 0.967. The molecule has 0 unspecified atom stereocenters. The Kier molecular flexibility index (Phi) is 6.75. The first kappa shape index (κ1) is 15.0. The molecule has 0 saturated heterocycles. The van der Waals surface area contributed by atoms with Crippen LogP contribution in [-0.4, -0.2) is 35.8 Å². The summed E-state index contributed by atoms with van der Waals surface area (Å²) >= 11 is 5.87. The lowest BCUT2D eigenvalue weighted by molar-refractivity contribution is 0.0787. The van der Waals surface area contributed by atoms with E-state index in [1.807, 2.05) is 20.8 Å². The molecule has 0 radical (unpaired) electrons. The highest BCUT2D eigenvalue weighted by Gasteiger charge is 2.03. The number of halogens is 1. The standard InChI is InChI=1S/C12H20ClN3O2/c1-4-17-11-8-10(13)15-12(16-11)14-6-5-7-18-9(2)3/h8-9H,4-7H2,1-3H3,(H,14,15,16). The maximum Gasteiger partial charge on any atom is 0.227 e. The van der Waals surface area contributed by atoms with Gasteiger partial charge in [-0.2, -0.15) is 4.98 Å². The van der Waals surface area contributed by atoms with Crippen molar-refractivity contribution in [1.82, 2.24) is 9.97 Å². The molecule has 0 aliphatic carbocycles. The molecule has 0 aliphatic rings. The first-order valence-electron chi connectivity index (χ1n) is 6.14. The number of hydrogen-bond acceptors (Lipinski definition) is 5. The van der Waals surface area contributed by atoms with Crippen LogP contribution in [0, 0.1) is 0 Å². The molecule has 1 aromatic rings. The summed E-state index contributed by atoms with van der Waals surface area (Å²) in [6, 6.07) is 1.60. The number of nitrogens with one attached hydrogen (secondary N) is 1. The molecule has 5 nitrogen and oxygen atoms in total. The molecule has 0 bridgehead atoms. The maximum absolute atomic E-state index is 5.87. The SMILES string of the molecule is CCOc1cc(Cl)nc(NCCCOC(C)C)n1. The predicted molar refractivity (Wildman–Crippen MR) is 72.4 cm³/mol. The highest BCUT2D eigenvalue weighted by Crippen LogP contribution is 2.16. The number of nitrogens with zero attached hydrogens (tertiary/aromatic N) is 2. The fourth-order valence-electron chi connectivity index (χ4n) is 1.29. The second-order valence-corrected chi connectivity index (χ2v) is 4.37. The molecule has 1 N–H and O–H groups in total. The van der Waals surface area contributed by atoms with E-state index in [9.17, 15) is 0 Å². The Labute approximate surface area is 113 Å². The normalized spacial score (nSPS) is 10.7. The lowest BCUT2D eigenvalue weighted by Gasteiger charge is -2.09. The zero-order chi connectivity index (χ0) is 13.4. The third-order valence-electron chi connectivity index (χ3n) is 2.02. The van der Waals surface area contributed by atoms with Crippen LogP contribution in [0.3, 0.4) is 0 Å². The zero-order valence-electron chi connectivity index (χ0n) is 11.1. The van der Waals surface area contributed by atoms with Gasteiger partial charge in [-0.1, -0.05) is 11.6 Å². The molecule has 0 amide bonds. The molecule has 0 fully saturated rings. The minimum absolute atomic E-state index is 0.261. The van der Waals surface area contributed by atoms with Crippen molar-refractivity contribution < 1.29 is 9.47 Å². The van der Waals surface area contributed by atoms with Gasteiger partial charge in [-0.15, -0.1) is 0 Å². The van der Waals surface area contributed by atoms with Crippen LogP contribution in [0.2, 0.25) is 5.15 Å². The fourth-order valence-corrected chi connectivity index (χ4v) is 1.46. The minimum Gasteiger partial charge on any atom is -0.478 e. The summed E-state index contributed by atoms with van der Waals surface area (Å²) in [5, 5.41) is 3.46. The van der Waals surface area contributed by atoms with Gasteiger partial charge in [0.1, 0.15) is 5.15 Å². The molecule has 0 aromatic carbocycles. The van der Waals surface area contributed by atoms with Crippen LogP contribution in [0.15, 0.2) is 6.07 Å². The molecular formula is C12H20ClN3O2. The number of ether oxygens (including phenoxy) is 2. The zero-order valence-corrected chi connectivity index (χ0v) is 11.8. The topological polar surface area (TPSA) is 56.3 Å². The first-order valence-corrected chi connectivity index (χ1v) is 6.52. The van der Waals surface area contributed by atoms with Gasteiger partial charge in [-0.3, -0.25) is 0 Å². The lowest BCUT2D eigenvalue weighted by Crippen LogP contribution is -2.11. The smallest absolute Gasteiger partial charge is 0.227 e. The largest absolute Gasteiger partial charge is 0.478 e. The van der Waals surface area contributed by atoms with Crippen molar-refractivity contribution in [2.45, 2.75) is 33.3 Å². The van der Waals surface area contributed by atoms with Gasteiger partial charge in [0, 0.05) is 19.2 Å². The second-order valence-electron chi connectivity index (χ2n) is 3.99. The van der Waals surface area contributed by atoms with Gasteiger partial charge < -0.3 is 14.8 Å². The Balaban J connectivity index is 2.37. The van der Waals surface area contributed by atoms with E-state index in [1.54, 1.807) is 6.07 Å². The van der Waals surface area contributed by atoms with Crippen LogP contribution in [0.4, 0.5) is 5.95 Å². The van der Waals surface area contributed by atoms with Crippen LogP contribution >= 0.6 is 11.6 Å². The van der Waals surface area contributed by atoms with Gasteiger partial charge in [0.25, 0.3) is 0 Å². The van der Waals surface area contributed by atoms with Crippen molar-refractivity contribution in [2.75, 3.05) is 25.1 Å². The molecule has 6 heteroatoms. The minimum atomic E-state index is 0.261. The van der Waals surface area contributed by atoms with Crippen molar-refractivity contribution in [3.8, 4) is 5.88 Å². The molecule has 102 valence electrons. The second kappa shape index (κ2) is 8.11. The lowest BCUT2D eigenvalue weighted by atomic mass is 10.4. The van der Waals surface area contributed by atoms with Gasteiger partial charge >= 0.3 is 0 Å². The summed E-state index contributed by atoms with van der Waals surface area (Å²) in [4.78, 5) is 8.26. The molecule has 0 saturated carbocycles. The van der Waals surface area contributed by atoms with Crippen molar-refractivity contribution in [1.29, 1.82) is 0 Å². The quantitative estimate of drug-likeness (QED) is 0.583. The highest BCUT2D eigenvalue weighted by molar-refractivity contribution is 6.29. The maximum atomic E-state index is 5.87. The van der Waals surface area contributed by atoms with Crippen LogP contribution < -0.4 is 10.1 Å². The molecule has 1 rings (SSSR count). The van der Waals surface area contributed by atoms with Gasteiger partial charge in [-0.25, -0.2) is 4.98 Å². The van der Waals surface area contributed by atoms with E-state index in [0.29, 0.717) is 30.2 Å². The van der Waals surface area contributed by atoms with Crippen molar-refractivity contribution in [3.05, 3.63) is 11.2 Å². The van der Waals surface area contributed by atoms with Crippen molar-refractivity contribution in [3.63, 3.8) is 0 Å². The third kappa shape index (κ3) is 6.02. The predicted octanol–water partition coefficient (Wildman–Crippen LogP) is 2.76. The Morgan fingerprint density at radius 3 is 2.83 bits per heavy atom. The van der Waals surface area contributed by atoms with E-state index < -0.39 is 0 Å². The first-order chi connectivity index (χ1) is 8.61. The van der Waals surface area contributed by atoms with E-state index in [-0.39, 0.29) is 6.10 Å². The van der Waals surface area contributed by atoms with Crippen molar-refractivity contribution >= 4 is 17.5 Å². The molecule has 18 heavy (non-hydrogen) atoms. The number of aromatic nitrogens is 2. The van der Waals surface area contributed by atoms with E-state index in [4.69, 9.17) is 21.1 Å². The average Bonchev–Trinajstić information content (AvgIpc) is 2.28. The molecule has 0 spiro atoms. The van der Waals surface area contributed by atoms with Crippen molar-refractivity contribution in [2.24, 2.45) is 0 Å². The van der Waals surface area contributed by atoms with E-state index in [2.05, 4.69) is 15.3 Å². The molecule has 1 heterocycles. The van der Waals surface area contributed by atoms with Gasteiger partial charge in [0.15, 0.2) is 0 Å². The Morgan fingerprint density at radius 2 is 2.17 bits per heavy atom. The van der Waals surface area contributed by atoms with E-state index in [1.165, 1.54) is 0 Å². The Morgan fingerprint density at radius 1 is 1.39 bits per heavy atom. The van der Waals surface area contributed by atoms with Gasteiger partial charge in [0.05, 0.1) is 12.7 Å². The van der Waals surface area contributed by atoms with Crippen LogP contribution in [0.25, 0.3) is 0 Å². The summed E-state index contributed by atoms with van der Waals surface area (Å²) in [6.07, 6.45) is 1.15. The van der Waals surface area contributed by atoms with Crippen LogP contribution in [-0.2, 0) is 4.74 Å². The number of anilines is 1. The average molecular weight is 274 g/mol. The number of hydrogen-bond donors (Lipinski definition) is 1. The number of rotatable bonds is 8. The van der Waals surface area contributed by atoms with Gasteiger partial charge in [-0.05, 0) is 27.2 Å². The Hall–Kier alpha value is -1.07. The van der Waals surface area contributed by atoms with Crippen LogP contribution in [0.5, 0.6) is 5.88 Å². The monoisotopic (exact) mass is 273 g/mol. The van der Waals surface area contributed by atoms with Crippen LogP contribution in [0.1, 0.15) is 27.2 Å². The molecular weight excluding hydrogens is 254 g/mol. The summed E-state index contributed by atoms with van der Waals surface area (Å²) in [6.45, 7) is 7.92. The Bertz CT molecular complexity index is 361. The highest BCUT2D eigenvalue weighted by atomic mass is 35.5. The fraction of sp³-hybridized carbons (Fsp3) is 0.667. The van der Waals surface area contributed by atoms with Gasteiger partial charge in [0.2, 0.25) is 11.8 Å². The van der Waals surface area contributed by atoms with E-state index >= 15 is 0 Å². The summed E-state index contributed by atoms with van der Waals surface area (Å²) in [7, 11) is 0. The third-order valence-corrected chi connectivity index (χ3v) is 2.21. The summed E-state index contributed by atoms with van der Waals surface area (Å²) in [5.41, 5.74) is 0.